The Balaban J connectivity index is 1.60. The average molecular weight is 329 g/mol. The van der Waals surface area contributed by atoms with E-state index in [1.807, 2.05) is 30.3 Å². The van der Waals surface area contributed by atoms with E-state index in [1.165, 1.54) is 6.07 Å². The Morgan fingerprint density at radius 2 is 1.79 bits per heavy atom. The molecule has 0 spiro atoms. The lowest BCUT2D eigenvalue weighted by atomic mass is 10.1. The Labute approximate surface area is 138 Å². The Kier molecular flexibility index (Phi) is 3.82. The fraction of sp³-hybridized carbons (Fsp3) is 0.278. The summed E-state index contributed by atoms with van der Waals surface area (Å²) in [6.45, 7) is 1.85. The van der Waals surface area contributed by atoms with Crippen LogP contribution in [0, 0.1) is 5.82 Å². The van der Waals surface area contributed by atoms with Gasteiger partial charge in [-0.05, 0) is 12.1 Å². The van der Waals surface area contributed by atoms with Crippen LogP contribution in [0.2, 0.25) is 0 Å². The number of ether oxygens (including phenoxy) is 3. The minimum Gasteiger partial charge on any atom is -0.447 e. The van der Waals surface area contributed by atoms with E-state index in [9.17, 15) is 9.18 Å². The summed E-state index contributed by atoms with van der Waals surface area (Å²) in [4.78, 5) is 14.1. The standard InChI is InChI=1S/C18H16FNO4/c19-15-13(17(21)20-8-10-22-11-9-20)6-7-14-16(15)24-18(23-14)12-4-2-1-3-5-12/h1-7,18H,8-11H2. The first-order valence-electron chi connectivity index (χ1n) is 7.82. The van der Waals surface area contributed by atoms with Crippen molar-refractivity contribution < 1.29 is 23.4 Å². The Morgan fingerprint density at radius 3 is 2.54 bits per heavy atom. The van der Waals surface area contributed by atoms with Crippen molar-refractivity contribution in [2.75, 3.05) is 26.3 Å². The summed E-state index contributed by atoms with van der Waals surface area (Å²) in [5, 5.41) is 0. The van der Waals surface area contributed by atoms with Crippen LogP contribution >= 0.6 is 0 Å². The summed E-state index contributed by atoms with van der Waals surface area (Å²) < 4.78 is 31.3. The summed E-state index contributed by atoms with van der Waals surface area (Å²) in [5.74, 6) is -0.740. The van der Waals surface area contributed by atoms with Crippen LogP contribution in [0.15, 0.2) is 42.5 Å². The Bertz CT molecular complexity index is 759. The number of rotatable bonds is 2. The van der Waals surface area contributed by atoms with Crippen molar-refractivity contribution >= 4 is 5.91 Å². The predicted octanol–water partition coefficient (Wildman–Crippen LogP) is 2.77. The van der Waals surface area contributed by atoms with Crippen LogP contribution in [0.1, 0.15) is 22.2 Å². The predicted molar refractivity (Wildman–Crippen MR) is 83.6 cm³/mol. The van der Waals surface area contributed by atoms with Crippen molar-refractivity contribution in [2.45, 2.75) is 6.29 Å². The van der Waals surface area contributed by atoms with Gasteiger partial charge in [0.05, 0.1) is 18.8 Å². The van der Waals surface area contributed by atoms with E-state index in [0.717, 1.165) is 5.56 Å². The monoisotopic (exact) mass is 329 g/mol. The van der Waals surface area contributed by atoms with Crippen LogP contribution in [0.5, 0.6) is 11.5 Å². The molecule has 1 fully saturated rings. The molecule has 24 heavy (non-hydrogen) atoms. The molecule has 2 aliphatic rings. The molecule has 1 saturated heterocycles. The molecule has 1 unspecified atom stereocenters. The molecule has 0 aromatic heterocycles. The van der Waals surface area contributed by atoms with E-state index in [4.69, 9.17) is 14.2 Å². The van der Waals surface area contributed by atoms with Crippen molar-refractivity contribution in [3.05, 3.63) is 59.4 Å². The quantitative estimate of drug-likeness (QED) is 0.850. The summed E-state index contributed by atoms with van der Waals surface area (Å²) in [6.07, 6.45) is -0.704. The average Bonchev–Trinajstić information content (AvgIpc) is 3.08. The number of benzene rings is 2. The third-order valence-electron chi connectivity index (χ3n) is 4.12. The van der Waals surface area contributed by atoms with E-state index >= 15 is 0 Å². The smallest absolute Gasteiger partial charge is 0.268 e. The number of carbonyl (C=O) groups excluding carboxylic acids is 1. The van der Waals surface area contributed by atoms with Crippen LogP contribution in [0.25, 0.3) is 0 Å². The number of carbonyl (C=O) groups is 1. The van der Waals surface area contributed by atoms with Crippen LogP contribution in [0.3, 0.4) is 0 Å². The van der Waals surface area contributed by atoms with Crippen LogP contribution in [-0.2, 0) is 4.74 Å². The van der Waals surface area contributed by atoms with E-state index in [0.29, 0.717) is 32.1 Å². The number of fused-ring (bicyclic) bond motifs is 1. The summed E-state index contributed by atoms with van der Waals surface area (Å²) >= 11 is 0. The lowest BCUT2D eigenvalue weighted by Gasteiger charge is -2.27. The van der Waals surface area contributed by atoms with Crippen LogP contribution in [-0.4, -0.2) is 37.1 Å². The lowest BCUT2D eigenvalue weighted by molar-refractivity contribution is 0.0297. The zero-order valence-electron chi connectivity index (χ0n) is 12.9. The molecular weight excluding hydrogens is 313 g/mol. The zero-order valence-corrected chi connectivity index (χ0v) is 12.9. The highest BCUT2D eigenvalue weighted by Crippen LogP contribution is 2.43. The summed E-state index contributed by atoms with van der Waals surface area (Å²) in [6, 6.07) is 12.3. The normalized spacial score (nSPS) is 19.4. The van der Waals surface area contributed by atoms with Gasteiger partial charge in [0.1, 0.15) is 0 Å². The summed E-state index contributed by atoms with van der Waals surface area (Å²) in [5.41, 5.74) is 0.780. The number of amides is 1. The van der Waals surface area contributed by atoms with Gasteiger partial charge in [-0.15, -0.1) is 0 Å². The highest BCUT2D eigenvalue weighted by Gasteiger charge is 2.32. The third kappa shape index (κ3) is 2.59. The molecule has 2 aliphatic heterocycles. The maximum Gasteiger partial charge on any atom is 0.268 e. The van der Waals surface area contributed by atoms with Crippen molar-refractivity contribution in [1.82, 2.24) is 4.90 Å². The molecule has 6 heteroatoms. The van der Waals surface area contributed by atoms with Crippen molar-refractivity contribution in [3.8, 4) is 11.5 Å². The maximum atomic E-state index is 14.8. The molecule has 0 bridgehead atoms. The molecule has 0 N–H and O–H groups in total. The molecule has 0 saturated carbocycles. The molecule has 1 atom stereocenters. The Morgan fingerprint density at radius 1 is 1.04 bits per heavy atom. The van der Waals surface area contributed by atoms with Gasteiger partial charge in [0.25, 0.3) is 12.2 Å². The lowest BCUT2D eigenvalue weighted by Crippen LogP contribution is -2.41. The Hall–Kier alpha value is -2.60. The first-order chi connectivity index (χ1) is 11.7. The molecule has 2 heterocycles. The number of hydrogen-bond acceptors (Lipinski definition) is 4. The van der Waals surface area contributed by atoms with Gasteiger partial charge in [-0.25, -0.2) is 4.39 Å². The highest BCUT2D eigenvalue weighted by molar-refractivity contribution is 5.95. The van der Waals surface area contributed by atoms with Crippen molar-refractivity contribution in [1.29, 1.82) is 0 Å². The van der Waals surface area contributed by atoms with Crippen LogP contribution < -0.4 is 9.47 Å². The van der Waals surface area contributed by atoms with E-state index < -0.39 is 12.1 Å². The van der Waals surface area contributed by atoms with Gasteiger partial charge >= 0.3 is 0 Å². The highest BCUT2D eigenvalue weighted by atomic mass is 19.1. The topological polar surface area (TPSA) is 48.0 Å². The zero-order chi connectivity index (χ0) is 16.5. The van der Waals surface area contributed by atoms with Gasteiger partial charge in [-0.1, -0.05) is 30.3 Å². The molecule has 2 aromatic carbocycles. The summed E-state index contributed by atoms with van der Waals surface area (Å²) in [7, 11) is 0. The van der Waals surface area contributed by atoms with Gasteiger partial charge in [-0.3, -0.25) is 4.79 Å². The van der Waals surface area contributed by atoms with Gasteiger partial charge in [-0.2, -0.15) is 0 Å². The molecular formula is C18H16FNO4. The number of nitrogens with zero attached hydrogens (tertiary/aromatic N) is 1. The number of halogens is 1. The molecule has 0 aliphatic carbocycles. The maximum absolute atomic E-state index is 14.8. The largest absolute Gasteiger partial charge is 0.447 e. The third-order valence-corrected chi connectivity index (χ3v) is 4.12. The minimum atomic E-state index is -0.704. The second kappa shape index (κ2) is 6.13. The second-order valence-electron chi connectivity index (χ2n) is 5.64. The van der Waals surface area contributed by atoms with E-state index in [-0.39, 0.29) is 17.2 Å². The molecule has 2 aromatic rings. The first kappa shape index (κ1) is 15.0. The van der Waals surface area contributed by atoms with Gasteiger partial charge in [0, 0.05) is 18.7 Å². The SMILES string of the molecule is O=C(c1ccc2c(c1F)OC(c1ccccc1)O2)N1CCOCC1. The van der Waals surface area contributed by atoms with Gasteiger partial charge in [0.15, 0.2) is 11.6 Å². The number of morpholine rings is 1. The minimum absolute atomic E-state index is 0.00652. The first-order valence-corrected chi connectivity index (χ1v) is 7.82. The number of hydrogen-bond donors (Lipinski definition) is 0. The molecule has 124 valence electrons. The molecule has 1 amide bonds. The van der Waals surface area contributed by atoms with Crippen molar-refractivity contribution in [3.63, 3.8) is 0 Å². The van der Waals surface area contributed by atoms with Crippen molar-refractivity contribution in [2.24, 2.45) is 0 Å². The van der Waals surface area contributed by atoms with Crippen LogP contribution in [0.4, 0.5) is 4.39 Å². The van der Waals surface area contributed by atoms with Gasteiger partial charge < -0.3 is 19.1 Å². The fourth-order valence-electron chi connectivity index (χ4n) is 2.84. The molecule has 0 radical (unpaired) electrons. The molecule has 4 rings (SSSR count). The van der Waals surface area contributed by atoms with E-state index in [1.54, 1.807) is 11.0 Å². The molecule has 5 nitrogen and oxygen atoms in total. The van der Waals surface area contributed by atoms with Gasteiger partial charge in [0.2, 0.25) is 5.75 Å². The van der Waals surface area contributed by atoms with E-state index in [2.05, 4.69) is 0 Å². The fourth-order valence-corrected chi connectivity index (χ4v) is 2.84. The second-order valence-corrected chi connectivity index (χ2v) is 5.64.